The highest BCUT2D eigenvalue weighted by molar-refractivity contribution is 5.84. The van der Waals surface area contributed by atoms with Gasteiger partial charge < -0.3 is 15.1 Å². The number of likely N-dealkylation sites (N-methyl/N-ethyl adjacent to an activating group) is 1. The number of nitrogens with zero attached hydrogens (tertiary/aromatic N) is 3. The van der Waals surface area contributed by atoms with Crippen LogP contribution in [-0.4, -0.2) is 78.5 Å². The summed E-state index contributed by atoms with van der Waals surface area (Å²) < 4.78 is 13.3. The van der Waals surface area contributed by atoms with Gasteiger partial charge in [0.25, 0.3) is 0 Å². The van der Waals surface area contributed by atoms with Crippen LogP contribution in [0.15, 0.2) is 24.3 Å². The summed E-state index contributed by atoms with van der Waals surface area (Å²) in [4.78, 5) is 30.1. The Labute approximate surface area is 177 Å². The standard InChI is InChI=1S/C22H32FN5O2/c1-26(2)12-11-24-21(29)16-5-8-18-20(13-16)27(14-15-3-6-17(23)7-4-15)22(30)19-9-10-25-28(18)19/h3-4,6-7,16,18-20,25H,5,8-14H2,1-2H3,(H,24,29). The molecule has 0 radical (unpaired) electrons. The molecule has 2 aliphatic heterocycles. The van der Waals surface area contributed by atoms with Gasteiger partial charge in [0.1, 0.15) is 11.9 Å². The Morgan fingerprint density at radius 2 is 1.97 bits per heavy atom. The third kappa shape index (κ3) is 4.36. The number of nitrogens with one attached hydrogen (secondary N) is 2. The molecule has 0 aromatic heterocycles. The fraction of sp³-hybridized carbons (Fsp3) is 0.636. The van der Waals surface area contributed by atoms with E-state index in [1.54, 1.807) is 12.1 Å². The van der Waals surface area contributed by atoms with Gasteiger partial charge >= 0.3 is 0 Å². The molecule has 2 heterocycles. The number of hydrogen-bond acceptors (Lipinski definition) is 5. The lowest BCUT2D eigenvalue weighted by Crippen LogP contribution is -2.68. The molecule has 8 heteroatoms. The summed E-state index contributed by atoms with van der Waals surface area (Å²) in [5.41, 5.74) is 4.32. The highest BCUT2D eigenvalue weighted by Gasteiger charge is 2.51. The first-order valence-electron chi connectivity index (χ1n) is 10.9. The number of halogens is 1. The molecule has 4 rings (SSSR count). The Bertz CT molecular complexity index is 771. The monoisotopic (exact) mass is 417 g/mol. The van der Waals surface area contributed by atoms with Gasteiger partial charge in [-0.15, -0.1) is 0 Å². The molecular formula is C22H32FN5O2. The van der Waals surface area contributed by atoms with Crippen LogP contribution in [-0.2, 0) is 16.1 Å². The zero-order valence-corrected chi connectivity index (χ0v) is 17.8. The van der Waals surface area contributed by atoms with E-state index in [-0.39, 0.29) is 41.7 Å². The molecule has 4 atom stereocenters. The quantitative estimate of drug-likeness (QED) is 0.722. The van der Waals surface area contributed by atoms with Gasteiger partial charge in [-0.25, -0.2) is 9.40 Å². The fourth-order valence-electron chi connectivity index (χ4n) is 5.08. The van der Waals surface area contributed by atoms with E-state index >= 15 is 0 Å². The number of carbonyl (C=O) groups is 2. The average molecular weight is 418 g/mol. The number of carbonyl (C=O) groups excluding carboxylic acids is 2. The van der Waals surface area contributed by atoms with E-state index in [0.717, 1.165) is 37.9 Å². The minimum atomic E-state index is -0.278. The van der Waals surface area contributed by atoms with Crippen LogP contribution < -0.4 is 10.7 Å². The summed E-state index contributed by atoms with van der Waals surface area (Å²) in [5.74, 6) is -0.170. The van der Waals surface area contributed by atoms with E-state index in [0.29, 0.717) is 19.5 Å². The van der Waals surface area contributed by atoms with E-state index in [1.807, 2.05) is 23.9 Å². The normalized spacial score (nSPS) is 29.1. The van der Waals surface area contributed by atoms with Crippen molar-refractivity contribution in [3.8, 4) is 0 Å². The Balaban J connectivity index is 1.50. The predicted octanol–water partition coefficient (Wildman–Crippen LogP) is 0.962. The third-order valence-electron chi connectivity index (χ3n) is 6.65. The molecule has 2 amide bonds. The molecule has 3 fully saturated rings. The van der Waals surface area contributed by atoms with E-state index in [1.165, 1.54) is 12.1 Å². The molecule has 2 N–H and O–H groups in total. The molecule has 164 valence electrons. The van der Waals surface area contributed by atoms with Crippen molar-refractivity contribution in [1.82, 2.24) is 25.6 Å². The SMILES string of the molecule is CN(C)CCNC(=O)C1CCC2C(C1)N(Cc1ccc(F)cc1)C(=O)C1CCNN12. The van der Waals surface area contributed by atoms with Crippen molar-refractivity contribution in [3.63, 3.8) is 0 Å². The van der Waals surface area contributed by atoms with Gasteiger partial charge in [0.15, 0.2) is 0 Å². The number of rotatable bonds is 6. The van der Waals surface area contributed by atoms with Crippen molar-refractivity contribution >= 4 is 11.8 Å². The topological polar surface area (TPSA) is 67.9 Å². The van der Waals surface area contributed by atoms with Crippen molar-refractivity contribution in [2.45, 2.75) is 50.4 Å². The average Bonchev–Trinajstić information content (AvgIpc) is 3.22. The minimum Gasteiger partial charge on any atom is -0.355 e. The second-order valence-electron chi connectivity index (χ2n) is 8.95. The molecule has 0 spiro atoms. The van der Waals surface area contributed by atoms with Gasteiger partial charge in [-0.2, -0.15) is 0 Å². The van der Waals surface area contributed by atoms with Gasteiger partial charge in [-0.1, -0.05) is 12.1 Å². The summed E-state index contributed by atoms with van der Waals surface area (Å²) in [7, 11) is 3.97. The van der Waals surface area contributed by atoms with Crippen molar-refractivity contribution in [2.75, 3.05) is 33.7 Å². The van der Waals surface area contributed by atoms with Crippen LogP contribution in [0.4, 0.5) is 4.39 Å². The van der Waals surface area contributed by atoms with Crippen molar-refractivity contribution in [2.24, 2.45) is 5.92 Å². The lowest BCUT2D eigenvalue weighted by Gasteiger charge is -2.51. The summed E-state index contributed by atoms with van der Waals surface area (Å²) in [6.07, 6.45) is 3.18. The molecule has 1 aliphatic carbocycles. The van der Waals surface area contributed by atoms with Gasteiger partial charge in [0.2, 0.25) is 11.8 Å². The molecule has 30 heavy (non-hydrogen) atoms. The first kappa shape index (κ1) is 21.2. The van der Waals surface area contributed by atoms with Crippen molar-refractivity contribution in [1.29, 1.82) is 0 Å². The Morgan fingerprint density at radius 3 is 2.70 bits per heavy atom. The van der Waals surface area contributed by atoms with Crippen LogP contribution >= 0.6 is 0 Å². The molecule has 1 aromatic rings. The molecule has 1 saturated carbocycles. The number of fused-ring (bicyclic) bond motifs is 3. The van der Waals surface area contributed by atoms with Crippen LogP contribution in [0.25, 0.3) is 0 Å². The maximum Gasteiger partial charge on any atom is 0.242 e. The van der Waals surface area contributed by atoms with E-state index < -0.39 is 0 Å². The number of hydrazine groups is 1. The lowest BCUT2D eigenvalue weighted by atomic mass is 9.78. The smallest absolute Gasteiger partial charge is 0.242 e. The highest BCUT2D eigenvalue weighted by Crippen LogP contribution is 2.38. The minimum absolute atomic E-state index is 0.0252. The first-order chi connectivity index (χ1) is 14.4. The van der Waals surface area contributed by atoms with E-state index in [4.69, 9.17) is 0 Å². The summed E-state index contributed by atoms with van der Waals surface area (Å²) in [6.45, 7) is 2.70. The van der Waals surface area contributed by atoms with Crippen LogP contribution in [0, 0.1) is 11.7 Å². The van der Waals surface area contributed by atoms with Gasteiger partial charge in [-0.05, 0) is 57.5 Å². The zero-order chi connectivity index (χ0) is 21.3. The molecule has 0 bridgehead atoms. The Kier molecular flexibility index (Phi) is 6.36. The lowest BCUT2D eigenvalue weighted by molar-refractivity contribution is -0.157. The van der Waals surface area contributed by atoms with Crippen LogP contribution in [0.2, 0.25) is 0 Å². The number of benzene rings is 1. The molecule has 7 nitrogen and oxygen atoms in total. The van der Waals surface area contributed by atoms with Crippen LogP contribution in [0.3, 0.4) is 0 Å². The molecule has 3 aliphatic rings. The predicted molar refractivity (Wildman–Crippen MR) is 112 cm³/mol. The number of piperazine rings is 1. The van der Waals surface area contributed by atoms with Crippen LogP contribution in [0.1, 0.15) is 31.2 Å². The maximum atomic E-state index is 13.3. The highest BCUT2D eigenvalue weighted by atomic mass is 19.1. The molecular weight excluding hydrogens is 385 g/mol. The van der Waals surface area contributed by atoms with Gasteiger partial charge in [0, 0.05) is 44.2 Å². The van der Waals surface area contributed by atoms with E-state index in [2.05, 4.69) is 15.8 Å². The van der Waals surface area contributed by atoms with Crippen molar-refractivity contribution in [3.05, 3.63) is 35.6 Å². The Morgan fingerprint density at radius 1 is 1.20 bits per heavy atom. The van der Waals surface area contributed by atoms with Gasteiger partial charge in [-0.3, -0.25) is 15.0 Å². The fourth-order valence-corrected chi connectivity index (χ4v) is 5.08. The number of amides is 2. The molecule has 4 unspecified atom stereocenters. The summed E-state index contributed by atoms with van der Waals surface area (Å²) >= 11 is 0. The molecule has 1 aromatic carbocycles. The molecule has 2 saturated heterocycles. The summed E-state index contributed by atoms with van der Waals surface area (Å²) in [6, 6.07) is 6.40. The van der Waals surface area contributed by atoms with E-state index in [9.17, 15) is 14.0 Å². The first-order valence-corrected chi connectivity index (χ1v) is 10.9. The number of hydrogen-bond donors (Lipinski definition) is 2. The third-order valence-corrected chi connectivity index (χ3v) is 6.65. The maximum absolute atomic E-state index is 13.3. The summed E-state index contributed by atoms with van der Waals surface area (Å²) in [5, 5.41) is 5.20. The largest absolute Gasteiger partial charge is 0.355 e. The van der Waals surface area contributed by atoms with Gasteiger partial charge in [0.05, 0.1) is 0 Å². The van der Waals surface area contributed by atoms with Crippen LogP contribution in [0.5, 0.6) is 0 Å². The zero-order valence-electron chi connectivity index (χ0n) is 17.8. The second-order valence-corrected chi connectivity index (χ2v) is 8.95. The van der Waals surface area contributed by atoms with Crippen molar-refractivity contribution < 1.29 is 14.0 Å². The second kappa shape index (κ2) is 8.99. The Hall–Kier alpha value is -2.03.